The summed E-state index contributed by atoms with van der Waals surface area (Å²) in [5, 5.41) is 9.13. The fraction of sp³-hybridized carbons (Fsp3) is 0.300. The smallest absolute Gasteiger partial charge is 0.176 e. The van der Waals surface area contributed by atoms with Crippen molar-refractivity contribution in [3.63, 3.8) is 0 Å². The van der Waals surface area contributed by atoms with E-state index in [1.54, 1.807) is 23.1 Å². The summed E-state index contributed by atoms with van der Waals surface area (Å²) >= 11 is 0. The maximum absolute atomic E-state index is 11.5. The van der Waals surface area contributed by atoms with Crippen LogP contribution in [0.2, 0.25) is 0 Å². The highest BCUT2D eigenvalue weighted by atomic mass is 16.3. The normalized spacial score (nSPS) is 10.4. The molecule has 1 aromatic carbocycles. The molecule has 0 fully saturated rings. The number of phenols is 1. The molecule has 1 aromatic rings. The van der Waals surface area contributed by atoms with Gasteiger partial charge >= 0.3 is 0 Å². The molecule has 3 heteroatoms. The van der Waals surface area contributed by atoms with Gasteiger partial charge in [0.05, 0.1) is 6.54 Å². The lowest BCUT2D eigenvalue weighted by molar-refractivity contribution is 0.0957. The van der Waals surface area contributed by atoms with Gasteiger partial charge in [-0.2, -0.15) is 0 Å². The van der Waals surface area contributed by atoms with E-state index in [0.29, 0.717) is 12.1 Å². The first-order valence-corrected chi connectivity index (χ1v) is 4.06. The summed E-state index contributed by atoms with van der Waals surface area (Å²) in [5.41, 5.74) is 0.550. The van der Waals surface area contributed by atoms with Crippen LogP contribution in [0.3, 0.4) is 0 Å². The summed E-state index contributed by atoms with van der Waals surface area (Å²) in [7, 11) is 3.67. The molecule has 1 rings (SSSR count). The van der Waals surface area contributed by atoms with Crippen molar-refractivity contribution in [1.29, 1.82) is 0 Å². The second kappa shape index (κ2) is 4.05. The summed E-state index contributed by atoms with van der Waals surface area (Å²) in [6, 6.07) is 6.39. The monoisotopic (exact) mass is 179 g/mol. The van der Waals surface area contributed by atoms with E-state index in [4.69, 9.17) is 5.11 Å². The minimum atomic E-state index is 0.0147. The Morgan fingerprint density at radius 1 is 1.46 bits per heavy atom. The second-order valence-corrected chi connectivity index (χ2v) is 3.21. The number of Topliss-reactive ketones (excluding diaryl/α,β-unsaturated/α-hetero) is 1. The second-order valence-electron chi connectivity index (χ2n) is 3.21. The van der Waals surface area contributed by atoms with Gasteiger partial charge in [0, 0.05) is 5.56 Å². The number of hydrogen-bond acceptors (Lipinski definition) is 3. The molecule has 0 aliphatic heterocycles. The van der Waals surface area contributed by atoms with Crippen molar-refractivity contribution in [1.82, 2.24) is 4.90 Å². The maximum Gasteiger partial charge on any atom is 0.176 e. The Morgan fingerprint density at radius 3 is 2.69 bits per heavy atom. The van der Waals surface area contributed by atoms with Gasteiger partial charge in [0.15, 0.2) is 5.78 Å². The molecule has 0 unspecified atom stereocenters. The topological polar surface area (TPSA) is 40.5 Å². The van der Waals surface area contributed by atoms with Gasteiger partial charge in [-0.1, -0.05) is 12.1 Å². The number of phenolic OH excluding ortho intramolecular Hbond substituents is 1. The van der Waals surface area contributed by atoms with Gasteiger partial charge in [-0.25, -0.2) is 0 Å². The Morgan fingerprint density at radius 2 is 2.15 bits per heavy atom. The molecule has 0 radical (unpaired) electrons. The molecule has 1 N–H and O–H groups in total. The standard InChI is InChI=1S/C10H13NO2/c1-11(2)7-10(13)8-4-3-5-9(12)6-8/h3-6,12H,7H2,1-2H3. The lowest BCUT2D eigenvalue weighted by atomic mass is 10.1. The van der Waals surface area contributed by atoms with Gasteiger partial charge in [-0.05, 0) is 26.2 Å². The molecular formula is C10H13NO2. The van der Waals surface area contributed by atoms with Gasteiger partial charge in [0.1, 0.15) is 5.75 Å². The van der Waals surface area contributed by atoms with E-state index < -0.39 is 0 Å². The number of carbonyl (C=O) groups excluding carboxylic acids is 1. The molecule has 0 spiro atoms. The Bertz CT molecular complexity index is 308. The molecule has 0 aromatic heterocycles. The first kappa shape index (κ1) is 9.74. The average molecular weight is 179 g/mol. The zero-order valence-corrected chi connectivity index (χ0v) is 7.82. The molecule has 0 aliphatic carbocycles. The highest BCUT2D eigenvalue weighted by Gasteiger charge is 2.06. The van der Waals surface area contributed by atoms with Gasteiger partial charge < -0.3 is 10.0 Å². The Hall–Kier alpha value is -1.35. The number of benzene rings is 1. The van der Waals surface area contributed by atoms with Crippen molar-refractivity contribution >= 4 is 5.78 Å². The van der Waals surface area contributed by atoms with E-state index in [1.807, 2.05) is 14.1 Å². The van der Waals surface area contributed by atoms with Crippen molar-refractivity contribution in [2.24, 2.45) is 0 Å². The van der Waals surface area contributed by atoms with E-state index in [2.05, 4.69) is 0 Å². The molecular weight excluding hydrogens is 166 g/mol. The number of ketones is 1. The van der Waals surface area contributed by atoms with Crippen molar-refractivity contribution < 1.29 is 9.90 Å². The SMILES string of the molecule is CN(C)CC(=O)c1cccc(O)c1. The molecule has 0 saturated carbocycles. The highest BCUT2D eigenvalue weighted by molar-refractivity contribution is 5.97. The summed E-state index contributed by atoms with van der Waals surface area (Å²) in [6.45, 7) is 0.365. The molecule has 3 nitrogen and oxygen atoms in total. The number of nitrogens with zero attached hydrogens (tertiary/aromatic N) is 1. The maximum atomic E-state index is 11.5. The fourth-order valence-corrected chi connectivity index (χ4v) is 1.06. The van der Waals surface area contributed by atoms with Crippen LogP contribution in [-0.2, 0) is 0 Å². The molecule has 0 saturated heterocycles. The van der Waals surface area contributed by atoms with E-state index >= 15 is 0 Å². The Balaban J connectivity index is 2.77. The zero-order valence-electron chi connectivity index (χ0n) is 7.82. The number of likely N-dealkylation sites (N-methyl/N-ethyl adjacent to an activating group) is 1. The quantitative estimate of drug-likeness (QED) is 0.707. The third-order valence-corrected chi connectivity index (χ3v) is 1.63. The first-order chi connectivity index (χ1) is 6.09. The molecule has 0 amide bonds. The fourth-order valence-electron chi connectivity index (χ4n) is 1.06. The third-order valence-electron chi connectivity index (χ3n) is 1.63. The zero-order chi connectivity index (χ0) is 9.84. The van der Waals surface area contributed by atoms with Crippen LogP contribution in [0.5, 0.6) is 5.75 Å². The van der Waals surface area contributed by atoms with E-state index in [1.165, 1.54) is 6.07 Å². The Labute approximate surface area is 77.6 Å². The van der Waals surface area contributed by atoms with Gasteiger partial charge in [-0.15, -0.1) is 0 Å². The Kier molecular flexibility index (Phi) is 3.03. The van der Waals surface area contributed by atoms with Gasteiger partial charge in [0.25, 0.3) is 0 Å². The first-order valence-electron chi connectivity index (χ1n) is 4.06. The molecule has 70 valence electrons. The summed E-state index contributed by atoms with van der Waals surface area (Å²) in [4.78, 5) is 13.3. The predicted molar refractivity (Wildman–Crippen MR) is 51.0 cm³/mol. The van der Waals surface area contributed by atoms with Crippen LogP contribution < -0.4 is 0 Å². The average Bonchev–Trinajstić information content (AvgIpc) is 2.03. The van der Waals surface area contributed by atoms with Crippen molar-refractivity contribution in [2.45, 2.75) is 0 Å². The molecule has 0 bridgehead atoms. The largest absolute Gasteiger partial charge is 0.508 e. The van der Waals surface area contributed by atoms with E-state index in [0.717, 1.165) is 0 Å². The van der Waals surface area contributed by atoms with Crippen LogP contribution >= 0.6 is 0 Å². The minimum Gasteiger partial charge on any atom is -0.508 e. The van der Waals surface area contributed by atoms with E-state index in [-0.39, 0.29) is 11.5 Å². The summed E-state index contributed by atoms with van der Waals surface area (Å²) in [5.74, 6) is 0.144. The minimum absolute atomic E-state index is 0.0147. The molecule has 0 atom stereocenters. The predicted octanol–water partition coefficient (Wildman–Crippen LogP) is 1.14. The van der Waals surface area contributed by atoms with Crippen LogP contribution in [0, 0.1) is 0 Å². The van der Waals surface area contributed by atoms with Crippen molar-refractivity contribution in [3.05, 3.63) is 29.8 Å². The lowest BCUT2D eigenvalue weighted by Gasteiger charge is -2.07. The van der Waals surface area contributed by atoms with E-state index in [9.17, 15) is 4.79 Å². The lowest BCUT2D eigenvalue weighted by Crippen LogP contribution is -2.21. The van der Waals surface area contributed by atoms with Crippen LogP contribution in [0.25, 0.3) is 0 Å². The van der Waals surface area contributed by atoms with Crippen LogP contribution in [-0.4, -0.2) is 36.4 Å². The van der Waals surface area contributed by atoms with Crippen molar-refractivity contribution in [2.75, 3.05) is 20.6 Å². The van der Waals surface area contributed by atoms with Crippen LogP contribution in [0.4, 0.5) is 0 Å². The molecule has 0 aliphatic rings. The number of hydrogen-bond donors (Lipinski definition) is 1. The number of aromatic hydroxyl groups is 1. The summed E-state index contributed by atoms with van der Waals surface area (Å²) in [6.07, 6.45) is 0. The molecule has 13 heavy (non-hydrogen) atoms. The highest BCUT2D eigenvalue weighted by Crippen LogP contribution is 2.11. The van der Waals surface area contributed by atoms with Crippen LogP contribution in [0.1, 0.15) is 10.4 Å². The number of rotatable bonds is 3. The molecule has 0 heterocycles. The third kappa shape index (κ3) is 2.87. The van der Waals surface area contributed by atoms with Crippen molar-refractivity contribution in [3.8, 4) is 5.75 Å². The number of carbonyl (C=O) groups is 1. The summed E-state index contributed by atoms with van der Waals surface area (Å²) < 4.78 is 0. The van der Waals surface area contributed by atoms with Gasteiger partial charge in [0.2, 0.25) is 0 Å². The van der Waals surface area contributed by atoms with Crippen LogP contribution in [0.15, 0.2) is 24.3 Å². The van der Waals surface area contributed by atoms with Gasteiger partial charge in [-0.3, -0.25) is 4.79 Å².